The molecule has 0 saturated heterocycles. The van der Waals surface area contributed by atoms with E-state index >= 15 is 0 Å². The van der Waals surface area contributed by atoms with E-state index in [1.165, 1.54) is 41.7 Å². The Morgan fingerprint density at radius 3 is 2.56 bits per heavy atom. The summed E-state index contributed by atoms with van der Waals surface area (Å²) in [5.74, 6) is -0.857. The summed E-state index contributed by atoms with van der Waals surface area (Å²) in [6.07, 6.45) is 6.39. The number of imidazole rings is 1. The van der Waals surface area contributed by atoms with Crippen LogP contribution in [0.4, 0.5) is 0 Å². The van der Waals surface area contributed by atoms with E-state index in [1.54, 1.807) is 0 Å². The topological polar surface area (TPSA) is 54.6 Å². The zero-order valence-corrected chi connectivity index (χ0v) is 15.4. The van der Waals surface area contributed by atoms with Crippen molar-refractivity contribution in [3.63, 3.8) is 0 Å². The molecule has 0 aliphatic heterocycles. The van der Waals surface area contributed by atoms with Crippen molar-refractivity contribution in [2.24, 2.45) is 0 Å². The molecule has 0 bridgehead atoms. The minimum absolute atomic E-state index is 0.414. The van der Waals surface area contributed by atoms with Crippen LogP contribution >= 0.6 is 11.3 Å². The first-order valence-corrected chi connectivity index (χ1v) is 9.84. The van der Waals surface area contributed by atoms with Crippen LogP contribution in [0.2, 0.25) is 0 Å². The summed E-state index contributed by atoms with van der Waals surface area (Å²) in [6.45, 7) is 4.12. The summed E-state index contributed by atoms with van der Waals surface area (Å²) < 4.78 is 2.07. The quantitative estimate of drug-likeness (QED) is 0.734. The van der Waals surface area contributed by atoms with Gasteiger partial charge in [-0.25, -0.2) is 9.78 Å². The van der Waals surface area contributed by atoms with Gasteiger partial charge in [0.1, 0.15) is 4.88 Å². The molecule has 1 aliphatic rings. The minimum Gasteiger partial charge on any atom is -0.477 e. The fourth-order valence-corrected chi connectivity index (χ4v) is 5.03. The van der Waals surface area contributed by atoms with Crippen LogP contribution in [0.25, 0.3) is 16.2 Å². The first-order chi connectivity index (χ1) is 12.1. The summed E-state index contributed by atoms with van der Waals surface area (Å²) >= 11 is 1.28. The lowest BCUT2D eigenvalue weighted by Gasteiger charge is -2.16. The van der Waals surface area contributed by atoms with Gasteiger partial charge in [-0.15, -0.1) is 0 Å². The van der Waals surface area contributed by atoms with Crippen LogP contribution in [0, 0.1) is 0 Å². The summed E-state index contributed by atoms with van der Waals surface area (Å²) in [6, 6.07) is 6.73. The average Bonchev–Trinajstić information content (AvgIpc) is 3.16. The van der Waals surface area contributed by atoms with Crippen molar-refractivity contribution in [2.45, 2.75) is 52.4 Å². The van der Waals surface area contributed by atoms with Crippen molar-refractivity contribution in [3.8, 4) is 11.3 Å². The van der Waals surface area contributed by atoms with Gasteiger partial charge in [-0.1, -0.05) is 37.3 Å². The maximum atomic E-state index is 11.5. The van der Waals surface area contributed by atoms with Gasteiger partial charge >= 0.3 is 5.97 Å². The van der Waals surface area contributed by atoms with E-state index in [-0.39, 0.29) is 0 Å². The summed E-state index contributed by atoms with van der Waals surface area (Å²) in [4.78, 5) is 17.6. The molecule has 2 heterocycles. The lowest BCUT2D eigenvalue weighted by atomic mass is 9.89. The average molecular weight is 354 g/mol. The molecule has 0 radical (unpaired) electrons. The van der Waals surface area contributed by atoms with Gasteiger partial charge in [-0.2, -0.15) is 0 Å². The number of nitrogens with zero attached hydrogens (tertiary/aromatic N) is 2. The molecule has 1 N–H and O–H groups in total. The minimum atomic E-state index is -0.857. The number of aryl methyl sites for hydroxylation is 4. The van der Waals surface area contributed by atoms with Crippen LogP contribution in [-0.4, -0.2) is 20.5 Å². The standard InChI is InChI=1S/C20H22N2O2S/c1-3-15-17(14-10-9-12-7-5-6-8-13(12)11-14)21-20-22(15)16(4-2)18(25-20)19(23)24/h9-11H,3-8H2,1-2H3,(H,23,24). The van der Waals surface area contributed by atoms with Gasteiger partial charge < -0.3 is 5.11 Å². The summed E-state index contributed by atoms with van der Waals surface area (Å²) in [5.41, 5.74) is 7.06. The first kappa shape index (κ1) is 16.3. The molecule has 0 saturated carbocycles. The van der Waals surface area contributed by atoms with Crippen molar-refractivity contribution >= 4 is 22.3 Å². The lowest BCUT2D eigenvalue weighted by Crippen LogP contribution is -2.04. The fourth-order valence-electron chi connectivity index (χ4n) is 3.95. The third kappa shape index (κ3) is 2.58. The van der Waals surface area contributed by atoms with Crippen LogP contribution < -0.4 is 0 Å². The van der Waals surface area contributed by atoms with Crippen molar-refractivity contribution in [1.82, 2.24) is 9.38 Å². The molecule has 3 aromatic rings. The molecule has 0 unspecified atom stereocenters. The number of thiazole rings is 1. The van der Waals surface area contributed by atoms with Gasteiger partial charge in [-0.3, -0.25) is 4.40 Å². The number of fused-ring (bicyclic) bond motifs is 2. The molecule has 25 heavy (non-hydrogen) atoms. The van der Waals surface area contributed by atoms with E-state index in [9.17, 15) is 9.90 Å². The Kier molecular flexibility index (Phi) is 4.12. The maximum Gasteiger partial charge on any atom is 0.347 e. The molecule has 0 fully saturated rings. The predicted octanol–water partition coefficient (Wildman–Crippen LogP) is 4.76. The Balaban J connectivity index is 1.91. The van der Waals surface area contributed by atoms with Crippen LogP contribution in [0.3, 0.4) is 0 Å². The molecule has 130 valence electrons. The Morgan fingerprint density at radius 2 is 1.88 bits per heavy atom. The molecular weight excluding hydrogens is 332 g/mol. The van der Waals surface area contributed by atoms with Gasteiger partial charge in [0, 0.05) is 11.3 Å². The monoisotopic (exact) mass is 354 g/mol. The highest BCUT2D eigenvalue weighted by atomic mass is 32.1. The number of carboxylic acids is 1. The number of carboxylic acid groups (broad SMARTS) is 1. The Morgan fingerprint density at radius 1 is 1.16 bits per heavy atom. The SMILES string of the molecule is CCc1c(-c2ccc3c(c2)CCCC3)nc2sc(C(=O)O)c(CC)n12. The molecule has 2 aromatic heterocycles. The third-order valence-corrected chi connectivity index (χ3v) is 6.22. The molecule has 0 atom stereocenters. The Hall–Kier alpha value is -2.14. The number of hydrogen-bond donors (Lipinski definition) is 1. The number of carbonyl (C=O) groups is 1. The van der Waals surface area contributed by atoms with Crippen molar-refractivity contribution < 1.29 is 9.90 Å². The first-order valence-electron chi connectivity index (χ1n) is 9.02. The highest BCUT2D eigenvalue weighted by Crippen LogP contribution is 2.34. The summed E-state index contributed by atoms with van der Waals surface area (Å²) in [5, 5.41) is 9.47. The van der Waals surface area contributed by atoms with E-state index in [1.807, 2.05) is 6.92 Å². The number of hydrogen-bond acceptors (Lipinski definition) is 3. The second-order valence-corrected chi connectivity index (χ2v) is 7.58. The third-order valence-electron chi connectivity index (χ3n) is 5.15. The number of aromatic nitrogens is 2. The van der Waals surface area contributed by atoms with Gasteiger partial charge in [0.15, 0.2) is 4.96 Å². The van der Waals surface area contributed by atoms with Crippen molar-refractivity contribution in [1.29, 1.82) is 0 Å². The van der Waals surface area contributed by atoms with E-state index < -0.39 is 5.97 Å². The Bertz CT molecular complexity index is 968. The van der Waals surface area contributed by atoms with Crippen LogP contribution in [0.5, 0.6) is 0 Å². The van der Waals surface area contributed by atoms with Gasteiger partial charge in [0.05, 0.1) is 11.4 Å². The van der Waals surface area contributed by atoms with Gasteiger partial charge in [0.2, 0.25) is 0 Å². The molecule has 4 rings (SSSR count). The van der Waals surface area contributed by atoms with E-state index in [0.29, 0.717) is 11.3 Å². The number of aromatic carboxylic acids is 1. The van der Waals surface area contributed by atoms with Crippen LogP contribution in [0.1, 0.15) is 58.9 Å². The second-order valence-electron chi connectivity index (χ2n) is 6.61. The van der Waals surface area contributed by atoms with E-state index in [4.69, 9.17) is 4.98 Å². The zero-order valence-electron chi connectivity index (χ0n) is 14.6. The number of benzene rings is 1. The normalized spacial score (nSPS) is 14.0. The molecule has 1 aliphatic carbocycles. The highest BCUT2D eigenvalue weighted by molar-refractivity contribution is 7.19. The molecule has 0 spiro atoms. The van der Waals surface area contributed by atoms with Crippen LogP contribution in [0.15, 0.2) is 18.2 Å². The molecule has 5 heteroatoms. The molecule has 4 nitrogen and oxygen atoms in total. The molecular formula is C20H22N2O2S. The maximum absolute atomic E-state index is 11.5. The van der Waals surface area contributed by atoms with Crippen molar-refractivity contribution in [2.75, 3.05) is 0 Å². The molecule has 1 aromatic carbocycles. The smallest absolute Gasteiger partial charge is 0.347 e. The highest BCUT2D eigenvalue weighted by Gasteiger charge is 2.23. The largest absolute Gasteiger partial charge is 0.477 e. The zero-order chi connectivity index (χ0) is 17.6. The van der Waals surface area contributed by atoms with E-state index in [0.717, 1.165) is 40.4 Å². The van der Waals surface area contributed by atoms with Gasteiger partial charge in [0.25, 0.3) is 0 Å². The van der Waals surface area contributed by atoms with Crippen molar-refractivity contribution in [3.05, 3.63) is 45.6 Å². The predicted molar refractivity (Wildman–Crippen MR) is 101 cm³/mol. The fraction of sp³-hybridized carbons (Fsp3) is 0.400. The second kappa shape index (κ2) is 6.30. The number of rotatable bonds is 4. The molecule has 0 amide bonds. The van der Waals surface area contributed by atoms with Gasteiger partial charge in [-0.05, 0) is 55.7 Å². The Labute approximate surface area is 151 Å². The van der Waals surface area contributed by atoms with E-state index in [2.05, 4.69) is 29.5 Å². The summed E-state index contributed by atoms with van der Waals surface area (Å²) in [7, 11) is 0. The lowest BCUT2D eigenvalue weighted by molar-refractivity contribution is 0.0700. The van der Waals surface area contributed by atoms with Crippen LogP contribution in [-0.2, 0) is 25.7 Å².